The highest BCUT2D eigenvalue weighted by atomic mass is 79.9. The Kier molecular flexibility index (Phi) is 8.56. The first-order valence-electron chi connectivity index (χ1n) is 12.4. The Morgan fingerprint density at radius 3 is 2.24 bits per heavy atom. The lowest BCUT2D eigenvalue weighted by Crippen LogP contribution is -3.00. The predicted molar refractivity (Wildman–Crippen MR) is 139 cm³/mol. The van der Waals surface area contributed by atoms with Gasteiger partial charge in [0.25, 0.3) is 5.56 Å². The second-order valence-electron chi connectivity index (χ2n) is 9.18. The topological polar surface area (TPSA) is 64.2 Å². The minimum absolute atomic E-state index is 0. The number of anilines is 1. The molecule has 1 aliphatic heterocycles. The van der Waals surface area contributed by atoms with Gasteiger partial charge in [-0.2, -0.15) is 0 Å². The number of rotatable bonds is 8. The van der Waals surface area contributed by atoms with Crippen molar-refractivity contribution < 1.29 is 31.1 Å². The van der Waals surface area contributed by atoms with Gasteiger partial charge in [0.1, 0.15) is 12.4 Å². The number of halogens is 1. The first-order valence-corrected chi connectivity index (χ1v) is 12.4. The van der Waals surface area contributed by atoms with Crippen LogP contribution in [0.25, 0.3) is 0 Å². The highest BCUT2D eigenvalue weighted by Crippen LogP contribution is 2.41. The molecule has 2 atom stereocenters. The summed E-state index contributed by atoms with van der Waals surface area (Å²) in [6.45, 7) is 3.24. The summed E-state index contributed by atoms with van der Waals surface area (Å²) in [6, 6.07) is 26.9. The van der Waals surface area contributed by atoms with E-state index < -0.39 is 5.97 Å². The second kappa shape index (κ2) is 12.0. The molecular weight excluding hydrogens is 530 g/mol. The number of ether oxygens (including phenoxy) is 1. The van der Waals surface area contributed by atoms with Crippen LogP contribution in [0, 0.1) is 6.92 Å². The number of carbonyl (C=O) groups is 1. The van der Waals surface area contributed by atoms with Crippen molar-refractivity contribution in [1.82, 2.24) is 4.57 Å². The quantitative estimate of drug-likeness (QED) is 0.203. The third-order valence-electron chi connectivity index (χ3n) is 6.60. The van der Waals surface area contributed by atoms with Crippen LogP contribution in [-0.4, -0.2) is 17.1 Å². The molecule has 2 aromatic heterocycles. The number of carbonyl (C=O) groups excluding carboxylic acids is 1. The van der Waals surface area contributed by atoms with E-state index in [1.54, 1.807) is 10.6 Å². The lowest BCUT2D eigenvalue weighted by Gasteiger charge is -2.21. The van der Waals surface area contributed by atoms with Gasteiger partial charge in [0, 0.05) is 24.6 Å². The number of nitrogens with one attached hydrogen (secondary N) is 1. The van der Waals surface area contributed by atoms with Crippen LogP contribution in [0.2, 0.25) is 0 Å². The summed E-state index contributed by atoms with van der Waals surface area (Å²) >= 11 is 0. The van der Waals surface area contributed by atoms with Gasteiger partial charge in [-0.25, -0.2) is 9.36 Å². The highest BCUT2D eigenvalue weighted by molar-refractivity contribution is 5.90. The summed E-state index contributed by atoms with van der Waals surface area (Å²) in [5.41, 5.74) is 3.37. The Morgan fingerprint density at radius 2 is 1.57 bits per heavy atom. The molecule has 6 nitrogen and oxygen atoms in total. The molecule has 1 aliphatic rings. The predicted octanol–water partition coefficient (Wildman–Crippen LogP) is 1.84. The van der Waals surface area contributed by atoms with Gasteiger partial charge in [-0.1, -0.05) is 60.7 Å². The molecule has 0 aliphatic carbocycles. The summed E-state index contributed by atoms with van der Waals surface area (Å²) in [7, 11) is 0. The summed E-state index contributed by atoms with van der Waals surface area (Å²) in [4.78, 5) is 26.0. The third kappa shape index (κ3) is 6.00. The van der Waals surface area contributed by atoms with Crippen molar-refractivity contribution in [2.24, 2.45) is 0 Å². The maximum absolute atomic E-state index is 13.3. The van der Waals surface area contributed by atoms with Gasteiger partial charge in [0.15, 0.2) is 12.4 Å². The van der Waals surface area contributed by atoms with E-state index in [1.165, 1.54) is 11.6 Å². The molecule has 4 aromatic rings. The molecule has 0 bridgehead atoms. The number of pyridine rings is 2. The summed E-state index contributed by atoms with van der Waals surface area (Å²) < 4.78 is 9.36. The monoisotopic (exact) mass is 559 g/mol. The molecule has 1 N–H and O–H groups in total. The first-order chi connectivity index (χ1) is 17.6. The van der Waals surface area contributed by atoms with Gasteiger partial charge in [-0.05, 0) is 36.1 Å². The second-order valence-corrected chi connectivity index (χ2v) is 9.18. The maximum atomic E-state index is 13.3. The lowest BCUT2D eigenvalue weighted by molar-refractivity contribution is -0.697. The van der Waals surface area contributed by atoms with Crippen molar-refractivity contribution in [2.45, 2.75) is 38.4 Å². The molecule has 3 heterocycles. The normalized spacial score (nSPS) is 15.8. The molecule has 5 rings (SSSR count). The Balaban J connectivity index is 0.00000320. The lowest BCUT2D eigenvalue weighted by atomic mass is 9.94. The van der Waals surface area contributed by atoms with Gasteiger partial charge < -0.3 is 27.0 Å². The number of hydrogen-bond acceptors (Lipinski definition) is 4. The van der Waals surface area contributed by atoms with Crippen LogP contribution in [0.4, 0.5) is 5.82 Å². The summed E-state index contributed by atoms with van der Waals surface area (Å²) in [6.07, 6.45) is 5.75. The maximum Gasteiger partial charge on any atom is 0.338 e. The van der Waals surface area contributed by atoms with Crippen LogP contribution >= 0.6 is 0 Å². The molecular formula is C30H30BrN3O3. The number of benzene rings is 2. The number of unbranched alkanes of at least 4 members (excludes halogenated alkanes) is 1. The fraction of sp³-hybridized carbons (Fsp3) is 0.233. The fourth-order valence-electron chi connectivity index (χ4n) is 4.73. The zero-order chi connectivity index (χ0) is 24.9. The van der Waals surface area contributed by atoms with Crippen molar-refractivity contribution in [3.8, 4) is 0 Å². The zero-order valence-corrected chi connectivity index (χ0v) is 22.3. The molecule has 0 amide bonds. The van der Waals surface area contributed by atoms with E-state index in [9.17, 15) is 9.59 Å². The van der Waals surface area contributed by atoms with E-state index in [4.69, 9.17) is 4.74 Å². The number of aromatic nitrogens is 2. The molecule has 2 aromatic carbocycles. The molecule has 0 saturated heterocycles. The van der Waals surface area contributed by atoms with Crippen LogP contribution in [-0.2, 0) is 11.3 Å². The summed E-state index contributed by atoms with van der Waals surface area (Å²) in [5, 5.41) is 3.49. The number of esters is 1. The van der Waals surface area contributed by atoms with Crippen LogP contribution < -0.4 is 32.4 Å². The van der Waals surface area contributed by atoms with E-state index in [-0.39, 0.29) is 40.2 Å². The molecule has 0 saturated carbocycles. The number of hydrogen-bond donors (Lipinski definition) is 1. The average molecular weight is 560 g/mol. The van der Waals surface area contributed by atoms with Crippen LogP contribution in [0.5, 0.6) is 0 Å². The van der Waals surface area contributed by atoms with Crippen molar-refractivity contribution in [1.29, 1.82) is 0 Å². The molecule has 2 unspecified atom stereocenters. The van der Waals surface area contributed by atoms with Gasteiger partial charge in [-0.15, -0.1) is 0 Å². The Hall–Kier alpha value is -3.71. The minimum Gasteiger partial charge on any atom is -1.00 e. The number of aryl methyl sites for hydroxylation is 2. The van der Waals surface area contributed by atoms with Crippen LogP contribution in [0.1, 0.15) is 52.0 Å². The van der Waals surface area contributed by atoms with E-state index in [1.807, 2.05) is 48.5 Å². The number of nitrogens with zero attached hydrogens (tertiary/aromatic N) is 2. The van der Waals surface area contributed by atoms with E-state index >= 15 is 0 Å². The third-order valence-corrected chi connectivity index (χ3v) is 6.60. The Morgan fingerprint density at radius 1 is 0.919 bits per heavy atom. The molecule has 0 fully saturated rings. The SMILES string of the molecule is Cc1cc[n+](CCCCOC(=O)c2cc3n(c(=O)c2)C(c2ccccc2)C(c2ccccc2)N3)cc1.[Br-]. The first kappa shape index (κ1) is 26.4. The fourth-order valence-corrected chi connectivity index (χ4v) is 4.73. The summed E-state index contributed by atoms with van der Waals surface area (Å²) in [5.74, 6) is 0.146. The van der Waals surface area contributed by atoms with Crippen molar-refractivity contribution in [3.63, 3.8) is 0 Å². The Labute approximate surface area is 227 Å². The van der Waals surface area contributed by atoms with Crippen molar-refractivity contribution >= 4 is 11.8 Å². The molecule has 0 radical (unpaired) electrons. The number of fused-ring (bicyclic) bond motifs is 1. The zero-order valence-electron chi connectivity index (χ0n) is 20.7. The molecule has 37 heavy (non-hydrogen) atoms. The Bertz CT molecular complexity index is 1390. The van der Waals surface area contributed by atoms with E-state index in [2.05, 4.69) is 53.5 Å². The van der Waals surface area contributed by atoms with E-state index in [0.29, 0.717) is 12.4 Å². The highest BCUT2D eigenvalue weighted by Gasteiger charge is 2.35. The largest absolute Gasteiger partial charge is 1.00 e. The van der Waals surface area contributed by atoms with Crippen molar-refractivity contribution in [3.05, 3.63) is 130 Å². The van der Waals surface area contributed by atoms with Crippen LogP contribution in [0.3, 0.4) is 0 Å². The minimum atomic E-state index is -0.472. The van der Waals surface area contributed by atoms with Gasteiger partial charge in [-0.3, -0.25) is 9.36 Å². The standard InChI is InChI=1S/C30H29N3O3.BrH/c1-22-14-17-32(18-15-22)16-8-9-19-36-30(35)25-20-26-31-28(23-10-4-2-5-11-23)29(33(26)27(34)21-25)24-12-6-3-7-13-24;/h2-7,10-15,17-18,20-21,28-29H,8-9,16,19H2,1H3;1H. The van der Waals surface area contributed by atoms with Gasteiger partial charge in [0.05, 0.1) is 24.3 Å². The molecule has 7 heteroatoms. The van der Waals surface area contributed by atoms with Gasteiger partial charge >= 0.3 is 5.97 Å². The van der Waals surface area contributed by atoms with Gasteiger partial charge in [0.2, 0.25) is 0 Å². The molecule has 190 valence electrons. The average Bonchev–Trinajstić information content (AvgIpc) is 3.31. The smallest absolute Gasteiger partial charge is 0.338 e. The van der Waals surface area contributed by atoms with Crippen molar-refractivity contribution in [2.75, 3.05) is 11.9 Å². The van der Waals surface area contributed by atoms with E-state index in [0.717, 1.165) is 30.5 Å². The molecule has 0 spiro atoms. The van der Waals surface area contributed by atoms with Crippen LogP contribution in [0.15, 0.2) is 102 Å².